The van der Waals surface area contributed by atoms with Gasteiger partial charge in [0.05, 0.1) is 0 Å². The predicted octanol–water partition coefficient (Wildman–Crippen LogP) is 2.29. The van der Waals surface area contributed by atoms with Crippen LogP contribution < -0.4 is 0 Å². The Morgan fingerprint density at radius 2 is 1.69 bits per heavy atom. The molecular formula is C12H12ClNO2. The van der Waals surface area contributed by atoms with Crippen LogP contribution in [0.15, 0.2) is 48.8 Å². The molecule has 1 aromatic heterocycles. The summed E-state index contributed by atoms with van der Waals surface area (Å²) in [6.07, 6.45) is 2.59. The fourth-order valence-corrected chi connectivity index (χ4v) is 1.39. The van der Waals surface area contributed by atoms with E-state index < -0.39 is 6.10 Å². The quantitative estimate of drug-likeness (QED) is 0.843. The zero-order chi connectivity index (χ0) is 10.7. The van der Waals surface area contributed by atoms with Crippen molar-refractivity contribution in [1.82, 2.24) is 4.98 Å². The van der Waals surface area contributed by atoms with Crippen molar-refractivity contribution in [3.05, 3.63) is 59.9 Å². The number of aromatic hydroxyl groups is 1. The van der Waals surface area contributed by atoms with Crippen molar-refractivity contribution in [3.8, 4) is 5.75 Å². The number of halogens is 1. The summed E-state index contributed by atoms with van der Waals surface area (Å²) in [6.45, 7) is 0. The lowest BCUT2D eigenvalue weighted by molar-refractivity contribution is 0.220. The molecule has 0 aliphatic rings. The minimum atomic E-state index is -0.695. The minimum Gasteiger partial charge on any atom is -0.508 e. The number of aromatic nitrogens is 1. The summed E-state index contributed by atoms with van der Waals surface area (Å²) in [7, 11) is 0. The molecule has 1 heterocycles. The largest absolute Gasteiger partial charge is 0.508 e. The van der Waals surface area contributed by atoms with Crippen molar-refractivity contribution in [2.75, 3.05) is 0 Å². The van der Waals surface area contributed by atoms with Gasteiger partial charge in [-0.2, -0.15) is 0 Å². The second-order valence-electron chi connectivity index (χ2n) is 3.28. The van der Waals surface area contributed by atoms with Crippen molar-refractivity contribution >= 4 is 12.4 Å². The maximum atomic E-state index is 9.96. The van der Waals surface area contributed by atoms with E-state index >= 15 is 0 Å². The molecule has 4 heteroatoms. The SMILES string of the molecule is Cl.Oc1ccc(C(O)c2cccnc2)cc1. The molecule has 1 unspecified atom stereocenters. The third-order valence-corrected chi connectivity index (χ3v) is 2.21. The molecule has 0 amide bonds. The molecule has 2 rings (SSSR count). The maximum absolute atomic E-state index is 9.96. The number of phenolic OH excluding ortho intramolecular Hbond substituents is 1. The Balaban J connectivity index is 0.00000128. The van der Waals surface area contributed by atoms with Crippen molar-refractivity contribution in [2.24, 2.45) is 0 Å². The molecule has 16 heavy (non-hydrogen) atoms. The third-order valence-electron chi connectivity index (χ3n) is 2.21. The summed E-state index contributed by atoms with van der Waals surface area (Å²) < 4.78 is 0. The normalized spacial score (nSPS) is 11.6. The van der Waals surface area contributed by atoms with Crippen LogP contribution in [0.3, 0.4) is 0 Å². The number of nitrogens with zero attached hydrogens (tertiary/aromatic N) is 1. The van der Waals surface area contributed by atoms with Crippen LogP contribution in [-0.2, 0) is 0 Å². The highest BCUT2D eigenvalue weighted by molar-refractivity contribution is 5.85. The van der Waals surface area contributed by atoms with Gasteiger partial charge in [0.25, 0.3) is 0 Å². The lowest BCUT2D eigenvalue weighted by Crippen LogP contribution is -1.99. The van der Waals surface area contributed by atoms with Gasteiger partial charge < -0.3 is 10.2 Å². The first kappa shape index (κ1) is 12.5. The fraction of sp³-hybridized carbons (Fsp3) is 0.0833. The molecule has 3 nitrogen and oxygen atoms in total. The van der Waals surface area contributed by atoms with Crippen molar-refractivity contribution in [1.29, 1.82) is 0 Å². The molecule has 0 aliphatic heterocycles. The highest BCUT2D eigenvalue weighted by atomic mass is 35.5. The van der Waals surface area contributed by atoms with Gasteiger partial charge in [-0.25, -0.2) is 0 Å². The Labute approximate surface area is 99.8 Å². The second-order valence-corrected chi connectivity index (χ2v) is 3.28. The van der Waals surface area contributed by atoms with Gasteiger partial charge in [-0.1, -0.05) is 18.2 Å². The van der Waals surface area contributed by atoms with Crippen LogP contribution in [0.25, 0.3) is 0 Å². The van der Waals surface area contributed by atoms with Gasteiger partial charge in [0.15, 0.2) is 0 Å². The van der Waals surface area contributed by atoms with Gasteiger partial charge in [-0.3, -0.25) is 4.98 Å². The molecule has 0 saturated carbocycles. The number of aliphatic hydroxyl groups is 1. The predicted molar refractivity (Wildman–Crippen MR) is 63.7 cm³/mol. The van der Waals surface area contributed by atoms with E-state index in [1.807, 2.05) is 6.07 Å². The summed E-state index contributed by atoms with van der Waals surface area (Å²) >= 11 is 0. The molecule has 1 atom stereocenters. The standard InChI is InChI=1S/C12H11NO2.ClH/c14-11-5-3-9(4-6-11)12(15)10-2-1-7-13-8-10;/h1-8,12,14-15H;1H. The molecule has 84 valence electrons. The van der Waals surface area contributed by atoms with E-state index in [0.717, 1.165) is 11.1 Å². The van der Waals surface area contributed by atoms with Crippen LogP contribution in [0, 0.1) is 0 Å². The van der Waals surface area contributed by atoms with Gasteiger partial charge in [0, 0.05) is 18.0 Å². The maximum Gasteiger partial charge on any atom is 0.115 e. The van der Waals surface area contributed by atoms with Crippen LogP contribution in [-0.4, -0.2) is 15.2 Å². The topological polar surface area (TPSA) is 53.4 Å². The molecule has 1 aromatic carbocycles. The molecule has 2 N–H and O–H groups in total. The Bertz CT molecular complexity index is 431. The number of pyridine rings is 1. The summed E-state index contributed by atoms with van der Waals surface area (Å²) in [5.41, 5.74) is 1.48. The molecule has 0 spiro atoms. The number of hydrogen-bond acceptors (Lipinski definition) is 3. The zero-order valence-corrected chi connectivity index (χ0v) is 9.26. The number of benzene rings is 1. The second kappa shape index (κ2) is 5.49. The van der Waals surface area contributed by atoms with Crippen molar-refractivity contribution in [2.45, 2.75) is 6.10 Å². The van der Waals surface area contributed by atoms with Crippen LogP contribution >= 0.6 is 12.4 Å². The summed E-state index contributed by atoms with van der Waals surface area (Å²) in [4.78, 5) is 3.94. The molecule has 0 aliphatic carbocycles. The first-order valence-electron chi connectivity index (χ1n) is 4.64. The monoisotopic (exact) mass is 237 g/mol. The molecule has 2 aromatic rings. The minimum absolute atomic E-state index is 0. The Morgan fingerprint density at radius 3 is 2.25 bits per heavy atom. The number of phenols is 1. The van der Waals surface area contributed by atoms with Gasteiger partial charge in [0.1, 0.15) is 11.9 Å². The van der Waals surface area contributed by atoms with E-state index in [1.54, 1.807) is 42.7 Å². The molecule has 0 fully saturated rings. The Hall–Kier alpha value is -1.58. The van der Waals surface area contributed by atoms with Gasteiger partial charge in [-0.05, 0) is 23.8 Å². The van der Waals surface area contributed by atoms with E-state index in [2.05, 4.69) is 4.98 Å². The highest BCUT2D eigenvalue weighted by Gasteiger charge is 2.09. The van der Waals surface area contributed by atoms with Gasteiger partial charge in [0.2, 0.25) is 0 Å². The van der Waals surface area contributed by atoms with E-state index in [0.29, 0.717) is 0 Å². The van der Waals surface area contributed by atoms with Crippen molar-refractivity contribution < 1.29 is 10.2 Å². The third kappa shape index (κ3) is 2.72. The number of hydrogen-bond donors (Lipinski definition) is 2. The van der Waals surface area contributed by atoms with E-state index in [9.17, 15) is 5.11 Å². The lowest BCUT2D eigenvalue weighted by Gasteiger charge is -2.10. The summed E-state index contributed by atoms with van der Waals surface area (Å²) in [6, 6.07) is 10.1. The fourth-order valence-electron chi connectivity index (χ4n) is 1.39. The van der Waals surface area contributed by atoms with Crippen LogP contribution in [0.4, 0.5) is 0 Å². The number of rotatable bonds is 2. The summed E-state index contributed by atoms with van der Waals surface area (Å²) in [5, 5.41) is 19.1. The Kier molecular flexibility index (Phi) is 4.28. The molecular weight excluding hydrogens is 226 g/mol. The van der Waals surface area contributed by atoms with Crippen LogP contribution in [0.5, 0.6) is 5.75 Å². The Morgan fingerprint density at radius 1 is 1.00 bits per heavy atom. The summed E-state index contributed by atoms with van der Waals surface area (Å²) in [5.74, 6) is 0.192. The average molecular weight is 238 g/mol. The lowest BCUT2D eigenvalue weighted by atomic mass is 10.0. The number of aliphatic hydroxyl groups excluding tert-OH is 1. The first-order chi connectivity index (χ1) is 7.27. The van der Waals surface area contributed by atoms with E-state index in [1.165, 1.54) is 0 Å². The smallest absolute Gasteiger partial charge is 0.115 e. The van der Waals surface area contributed by atoms with Gasteiger partial charge >= 0.3 is 0 Å². The van der Waals surface area contributed by atoms with E-state index in [-0.39, 0.29) is 18.2 Å². The molecule has 0 saturated heterocycles. The van der Waals surface area contributed by atoms with Crippen LogP contribution in [0.1, 0.15) is 17.2 Å². The van der Waals surface area contributed by atoms with Crippen molar-refractivity contribution in [3.63, 3.8) is 0 Å². The first-order valence-corrected chi connectivity index (χ1v) is 4.64. The highest BCUT2D eigenvalue weighted by Crippen LogP contribution is 2.22. The molecule has 0 radical (unpaired) electrons. The zero-order valence-electron chi connectivity index (χ0n) is 8.45. The van der Waals surface area contributed by atoms with Crippen LogP contribution in [0.2, 0.25) is 0 Å². The molecule has 0 bridgehead atoms. The van der Waals surface area contributed by atoms with Gasteiger partial charge in [-0.15, -0.1) is 12.4 Å². The van der Waals surface area contributed by atoms with E-state index in [4.69, 9.17) is 5.11 Å². The average Bonchev–Trinajstić information content (AvgIpc) is 2.30.